The molecule has 2 unspecified atom stereocenters. The van der Waals surface area contributed by atoms with Crippen LogP contribution in [0.25, 0.3) is 0 Å². The number of hydrogen-bond donors (Lipinski definition) is 3. The molecule has 3 nitrogen and oxygen atoms in total. The van der Waals surface area contributed by atoms with E-state index in [1.165, 1.54) is 5.56 Å². The number of nitrogens with one attached hydrogen (secondary N) is 2. The first-order valence-electron chi connectivity index (χ1n) is 4.66. The molecule has 0 saturated carbocycles. The topological polar surface area (TPSA) is 50.1 Å². The molecule has 0 aromatic heterocycles. The molecule has 0 radical (unpaired) electrons. The second-order valence-corrected chi connectivity index (χ2v) is 3.42. The third kappa shape index (κ3) is 2.45. The van der Waals surface area contributed by atoms with Gasteiger partial charge in [0.25, 0.3) is 0 Å². The van der Waals surface area contributed by atoms with E-state index in [0.29, 0.717) is 18.6 Å². The van der Waals surface area contributed by atoms with Crippen molar-refractivity contribution in [3.63, 3.8) is 0 Å². The molecule has 0 bridgehead atoms. The third-order valence-electron chi connectivity index (χ3n) is 2.47. The Hall–Kier alpha value is -0.610. The van der Waals surface area contributed by atoms with Crippen molar-refractivity contribution in [2.75, 3.05) is 6.54 Å². The second kappa shape index (κ2) is 5.32. The van der Waals surface area contributed by atoms with Gasteiger partial charge in [0, 0.05) is 18.6 Å². The maximum absolute atomic E-state index is 5.57. The molecule has 1 aromatic rings. The average molecular weight is 214 g/mol. The number of nitrogens with two attached hydrogens (primary N) is 1. The summed E-state index contributed by atoms with van der Waals surface area (Å²) in [4.78, 5) is 0. The highest BCUT2D eigenvalue weighted by molar-refractivity contribution is 5.85. The van der Waals surface area contributed by atoms with Crippen molar-refractivity contribution in [2.45, 2.75) is 18.5 Å². The summed E-state index contributed by atoms with van der Waals surface area (Å²) in [5.41, 5.74) is 13.3. The van der Waals surface area contributed by atoms with Crippen molar-refractivity contribution in [2.24, 2.45) is 5.73 Å². The van der Waals surface area contributed by atoms with Gasteiger partial charge in [-0.2, -0.15) is 0 Å². The molecular formula is C10H16ClN3. The molecule has 1 aliphatic heterocycles. The Morgan fingerprint density at radius 2 is 1.93 bits per heavy atom. The van der Waals surface area contributed by atoms with Gasteiger partial charge >= 0.3 is 0 Å². The fourth-order valence-corrected chi connectivity index (χ4v) is 1.68. The van der Waals surface area contributed by atoms with E-state index < -0.39 is 0 Å². The van der Waals surface area contributed by atoms with E-state index in [0.717, 1.165) is 6.42 Å². The van der Waals surface area contributed by atoms with E-state index in [9.17, 15) is 0 Å². The fraction of sp³-hybridized carbons (Fsp3) is 0.400. The number of rotatable bonds is 2. The highest BCUT2D eigenvalue weighted by Gasteiger charge is 2.23. The van der Waals surface area contributed by atoms with Crippen molar-refractivity contribution in [1.29, 1.82) is 0 Å². The first-order chi connectivity index (χ1) is 6.40. The van der Waals surface area contributed by atoms with E-state index in [-0.39, 0.29) is 12.4 Å². The smallest absolute Gasteiger partial charge is 0.0478 e. The van der Waals surface area contributed by atoms with Gasteiger partial charge in [0.05, 0.1) is 0 Å². The number of halogens is 1. The molecule has 1 saturated heterocycles. The minimum Gasteiger partial charge on any atom is -0.329 e. The summed E-state index contributed by atoms with van der Waals surface area (Å²) in [7, 11) is 0. The van der Waals surface area contributed by atoms with Gasteiger partial charge in [0.15, 0.2) is 0 Å². The Morgan fingerprint density at radius 3 is 2.50 bits per heavy atom. The van der Waals surface area contributed by atoms with E-state index in [4.69, 9.17) is 5.73 Å². The summed E-state index contributed by atoms with van der Waals surface area (Å²) in [6, 6.07) is 11.3. The van der Waals surface area contributed by atoms with Crippen molar-refractivity contribution >= 4 is 12.4 Å². The molecule has 1 aliphatic rings. The lowest BCUT2D eigenvalue weighted by atomic mass is 10.0. The van der Waals surface area contributed by atoms with Gasteiger partial charge in [-0.15, -0.1) is 12.4 Å². The first-order valence-corrected chi connectivity index (χ1v) is 4.66. The van der Waals surface area contributed by atoms with E-state index in [1.807, 2.05) is 6.07 Å². The van der Waals surface area contributed by atoms with Crippen molar-refractivity contribution in [1.82, 2.24) is 10.9 Å². The SMILES string of the molecule is Cl.NCC1CC(c2ccccc2)NN1. The molecular weight excluding hydrogens is 198 g/mol. The molecule has 0 aliphatic carbocycles. The van der Waals surface area contributed by atoms with Crippen LogP contribution in [0, 0.1) is 0 Å². The number of hydrazine groups is 1. The zero-order chi connectivity index (χ0) is 9.10. The van der Waals surface area contributed by atoms with Crippen molar-refractivity contribution < 1.29 is 0 Å². The molecule has 0 spiro atoms. The summed E-state index contributed by atoms with van der Waals surface area (Å²) >= 11 is 0. The Labute approximate surface area is 90.4 Å². The fourth-order valence-electron chi connectivity index (χ4n) is 1.68. The molecule has 1 heterocycles. The van der Waals surface area contributed by atoms with E-state index in [1.54, 1.807) is 0 Å². The lowest BCUT2D eigenvalue weighted by molar-refractivity contribution is 0.546. The van der Waals surface area contributed by atoms with Crippen LogP contribution in [0.2, 0.25) is 0 Å². The van der Waals surface area contributed by atoms with Gasteiger partial charge in [0.2, 0.25) is 0 Å². The van der Waals surface area contributed by atoms with Crippen LogP contribution in [0.1, 0.15) is 18.0 Å². The van der Waals surface area contributed by atoms with Crippen LogP contribution < -0.4 is 16.6 Å². The molecule has 1 fully saturated rings. The van der Waals surface area contributed by atoms with Gasteiger partial charge in [0.1, 0.15) is 0 Å². The minimum atomic E-state index is 0. The maximum atomic E-state index is 5.57. The number of benzene rings is 1. The molecule has 14 heavy (non-hydrogen) atoms. The van der Waals surface area contributed by atoms with Crippen LogP contribution in [-0.2, 0) is 0 Å². The molecule has 1 aromatic carbocycles. The third-order valence-corrected chi connectivity index (χ3v) is 2.47. The largest absolute Gasteiger partial charge is 0.329 e. The zero-order valence-electron chi connectivity index (χ0n) is 7.94. The lowest BCUT2D eigenvalue weighted by Gasteiger charge is -2.08. The molecule has 2 atom stereocenters. The normalized spacial score (nSPS) is 25.8. The summed E-state index contributed by atoms with van der Waals surface area (Å²) in [6.45, 7) is 0.691. The van der Waals surface area contributed by atoms with Gasteiger partial charge in [-0.05, 0) is 12.0 Å². The summed E-state index contributed by atoms with van der Waals surface area (Å²) in [5.74, 6) is 0. The molecule has 0 amide bonds. The Balaban J connectivity index is 0.000000980. The average Bonchev–Trinajstić information content (AvgIpc) is 2.67. The molecule has 2 rings (SSSR count). The van der Waals surface area contributed by atoms with Crippen LogP contribution in [-0.4, -0.2) is 12.6 Å². The predicted octanol–water partition coefficient (Wildman–Crippen LogP) is 0.975. The minimum absolute atomic E-state index is 0. The molecule has 4 N–H and O–H groups in total. The van der Waals surface area contributed by atoms with Crippen LogP contribution in [0.15, 0.2) is 30.3 Å². The quantitative estimate of drug-likeness (QED) is 0.687. The van der Waals surface area contributed by atoms with Gasteiger partial charge in [-0.1, -0.05) is 30.3 Å². The molecule has 4 heteroatoms. The maximum Gasteiger partial charge on any atom is 0.0478 e. The van der Waals surface area contributed by atoms with Crippen molar-refractivity contribution in [3.8, 4) is 0 Å². The summed E-state index contributed by atoms with van der Waals surface area (Å²) in [6.07, 6.45) is 1.07. The van der Waals surface area contributed by atoms with Crippen LogP contribution in [0.3, 0.4) is 0 Å². The summed E-state index contributed by atoms with van der Waals surface area (Å²) in [5, 5.41) is 0. The first kappa shape index (κ1) is 11.5. The predicted molar refractivity (Wildman–Crippen MR) is 60.2 cm³/mol. The Kier molecular flexibility index (Phi) is 4.35. The highest BCUT2D eigenvalue weighted by Crippen LogP contribution is 2.20. The lowest BCUT2D eigenvalue weighted by Crippen LogP contribution is -2.35. The second-order valence-electron chi connectivity index (χ2n) is 3.42. The van der Waals surface area contributed by atoms with Crippen LogP contribution >= 0.6 is 12.4 Å². The standard InChI is InChI=1S/C10H15N3.ClH/c11-7-9-6-10(13-12-9)8-4-2-1-3-5-8;/h1-5,9-10,12-13H,6-7,11H2;1H. The van der Waals surface area contributed by atoms with Gasteiger partial charge < -0.3 is 5.73 Å². The molecule has 78 valence electrons. The van der Waals surface area contributed by atoms with E-state index >= 15 is 0 Å². The highest BCUT2D eigenvalue weighted by atomic mass is 35.5. The number of hydrogen-bond acceptors (Lipinski definition) is 3. The Bertz CT molecular complexity index is 265. The van der Waals surface area contributed by atoms with Gasteiger partial charge in [-0.3, -0.25) is 5.43 Å². The van der Waals surface area contributed by atoms with Crippen LogP contribution in [0.5, 0.6) is 0 Å². The van der Waals surface area contributed by atoms with Gasteiger partial charge in [-0.25, -0.2) is 5.43 Å². The van der Waals surface area contributed by atoms with E-state index in [2.05, 4.69) is 35.1 Å². The summed E-state index contributed by atoms with van der Waals surface area (Å²) < 4.78 is 0. The Morgan fingerprint density at radius 1 is 1.21 bits per heavy atom. The zero-order valence-corrected chi connectivity index (χ0v) is 8.76. The van der Waals surface area contributed by atoms with Crippen molar-refractivity contribution in [3.05, 3.63) is 35.9 Å². The monoisotopic (exact) mass is 213 g/mol. The van der Waals surface area contributed by atoms with Crippen LogP contribution in [0.4, 0.5) is 0 Å².